The van der Waals surface area contributed by atoms with Crippen LogP contribution < -0.4 is 10.6 Å². The maximum absolute atomic E-state index is 4.22. The maximum atomic E-state index is 4.22. The molecule has 0 aliphatic carbocycles. The van der Waals surface area contributed by atoms with Gasteiger partial charge in [-0.25, -0.2) is 0 Å². The summed E-state index contributed by atoms with van der Waals surface area (Å²) in [5.74, 6) is 0. The van der Waals surface area contributed by atoms with Crippen molar-refractivity contribution in [2.24, 2.45) is 0 Å². The van der Waals surface area contributed by atoms with Crippen LogP contribution in [0.1, 0.15) is 0 Å². The Bertz CT molecular complexity index is 121. The minimum atomic E-state index is 1.14. The van der Waals surface area contributed by atoms with Gasteiger partial charge in [-0.2, -0.15) is 0 Å². The van der Waals surface area contributed by atoms with Crippen LogP contribution in [0.2, 0.25) is 0 Å². The van der Waals surface area contributed by atoms with E-state index < -0.39 is 0 Å². The summed E-state index contributed by atoms with van der Waals surface area (Å²) in [5.41, 5.74) is 0. The van der Waals surface area contributed by atoms with Gasteiger partial charge in [0.05, 0.1) is 6.20 Å². The highest BCUT2D eigenvalue weighted by Crippen LogP contribution is 1.65. The first kappa shape index (κ1) is 8.16. The first-order valence-corrected chi connectivity index (χ1v) is 3.62. The number of nitrogens with one attached hydrogen (secondary N) is 2. The summed E-state index contributed by atoms with van der Waals surface area (Å²) in [6.45, 7) is 4.56. The monoisotopic (exact) mass is 156 g/mol. The van der Waals surface area contributed by atoms with E-state index in [4.69, 9.17) is 0 Å². The van der Waals surface area contributed by atoms with Gasteiger partial charge < -0.3 is 15.2 Å². The predicted octanol–water partition coefficient (Wildman–Crippen LogP) is -0.751. The number of aromatic nitrogens is 2. The standard InChI is InChI=1S/C4H10N2.C2H2N2O/c1-2-6-4-3-5-1;1-2-5-4-3-1/h5-6H,1-4H2;1-2H. The molecule has 0 aromatic carbocycles. The van der Waals surface area contributed by atoms with Crippen LogP contribution in [0, 0.1) is 0 Å². The number of piperazine rings is 1. The maximum Gasteiger partial charge on any atom is 0.144 e. The van der Waals surface area contributed by atoms with Gasteiger partial charge in [0.1, 0.15) is 6.26 Å². The predicted molar refractivity (Wildman–Crippen MR) is 40.0 cm³/mol. The molecule has 11 heavy (non-hydrogen) atoms. The second-order valence-corrected chi connectivity index (χ2v) is 2.09. The van der Waals surface area contributed by atoms with Gasteiger partial charge in [0.25, 0.3) is 0 Å². The van der Waals surface area contributed by atoms with Gasteiger partial charge in [0.2, 0.25) is 0 Å². The van der Waals surface area contributed by atoms with Gasteiger partial charge in [-0.3, -0.25) is 0 Å². The van der Waals surface area contributed by atoms with Gasteiger partial charge in [-0.15, -0.1) is 5.10 Å². The fourth-order valence-electron chi connectivity index (χ4n) is 0.740. The van der Waals surface area contributed by atoms with E-state index in [0.29, 0.717) is 0 Å². The SMILES string of the molecule is C1CNCCN1.c1conn1. The molecule has 0 radical (unpaired) electrons. The highest BCUT2D eigenvalue weighted by Gasteiger charge is 1.91. The van der Waals surface area contributed by atoms with Crippen molar-refractivity contribution >= 4 is 0 Å². The Hall–Kier alpha value is -0.940. The van der Waals surface area contributed by atoms with Gasteiger partial charge >= 0.3 is 0 Å². The van der Waals surface area contributed by atoms with Crippen LogP contribution in [0.25, 0.3) is 0 Å². The third-order valence-electron chi connectivity index (χ3n) is 1.24. The normalized spacial score (nSPS) is 16.7. The van der Waals surface area contributed by atoms with Crippen molar-refractivity contribution in [2.45, 2.75) is 0 Å². The fraction of sp³-hybridized carbons (Fsp3) is 0.667. The molecule has 0 saturated carbocycles. The summed E-state index contributed by atoms with van der Waals surface area (Å²) in [6, 6.07) is 0. The zero-order chi connectivity index (χ0) is 7.78. The zero-order valence-corrected chi connectivity index (χ0v) is 6.29. The lowest BCUT2D eigenvalue weighted by molar-refractivity contribution is 0.393. The molecule has 62 valence electrons. The van der Waals surface area contributed by atoms with E-state index in [2.05, 4.69) is 25.5 Å². The van der Waals surface area contributed by atoms with Crippen LogP contribution in [-0.2, 0) is 0 Å². The molecule has 1 saturated heterocycles. The molecule has 0 spiro atoms. The average Bonchev–Trinajstić information content (AvgIpc) is 2.64. The lowest BCUT2D eigenvalue weighted by atomic mass is 10.4. The summed E-state index contributed by atoms with van der Waals surface area (Å²) in [7, 11) is 0. The first-order valence-electron chi connectivity index (χ1n) is 3.62. The smallest absolute Gasteiger partial charge is 0.144 e. The van der Waals surface area contributed by atoms with Crippen LogP contribution >= 0.6 is 0 Å². The van der Waals surface area contributed by atoms with E-state index in [-0.39, 0.29) is 0 Å². The molecule has 1 aliphatic rings. The van der Waals surface area contributed by atoms with Gasteiger partial charge in [-0.05, 0) is 0 Å². The van der Waals surface area contributed by atoms with Crippen molar-refractivity contribution in [3.8, 4) is 0 Å². The van der Waals surface area contributed by atoms with Gasteiger partial charge in [0, 0.05) is 31.5 Å². The van der Waals surface area contributed by atoms with Crippen LogP contribution in [0.4, 0.5) is 0 Å². The molecular formula is C6H12N4O. The van der Waals surface area contributed by atoms with E-state index in [1.807, 2.05) is 0 Å². The molecule has 0 unspecified atom stereocenters. The summed E-state index contributed by atoms with van der Waals surface area (Å²) in [4.78, 5) is 0. The van der Waals surface area contributed by atoms with Crippen molar-refractivity contribution in [2.75, 3.05) is 26.2 Å². The Kier molecular flexibility index (Phi) is 4.31. The summed E-state index contributed by atoms with van der Waals surface area (Å²) in [6.07, 6.45) is 2.88. The van der Waals surface area contributed by atoms with Crippen LogP contribution in [0.15, 0.2) is 17.0 Å². The third kappa shape index (κ3) is 4.46. The molecule has 5 heteroatoms. The molecule has 5 nitrogen and oxygen atoms in total. The van der Waals surface area contributed by atoms with E-state index in [0.717, 1.165) is 26.2 Å². The Balaban J connectivity index is 0.000000112. The largest absolute Gasteiger partial charge is 0.346 e. The Morgan fingerprint density at radius 2 is 1.73 bits per heavy atom. The van der Waals surface area contributed by atoms with Gasteiger partial charge in [-0.1, -0.05) is 0 Å². The van der Waals surface area contributed by atoms with Crippen LogP contribution in [-0.4, -0.2) is 36.5 Å². The second-order valence-electron chi connectivity index (χ2n) is 2.09. The van der Waals surface area contributed by atoms with E-state index >= 15 is 0 Å². The highest BCUT2D eigenvalue weighted by molar-refractivity contribution is 4.59. The lowest BCUT2D eigenvalue weighted by Gasteiger charge is -2.11. The summed E-state index contributed by atoms with van der Waals surface area (Å²) >= 11 is 0. The first-order chi connectivity index (χ1) is 5.50. The summed E-state index contributed by atoms with van der Waals surface area (Å²) < 4.78 is 4.22. The molecule has 0 atom stereocenters. The molecule has 2 rings (SSSR count). The summed E-state index contributed by atoms with van der Waals surface area (Å²) in [5, 5.41) is 12.8. The van der Waals surface area contributed by atoms with Crippen molar-refractivity contribution in [1.82, 2.24) is 21.0 Å². The number of hydrogen-bond acceptors (Lipinski definition) is 5. The van der Waals surface area contributed by atoms with E-state index in [1.165, 1.54) is 12.5 Å². The number of rotatable bonds is 0. The molecule has 1 aromatic rings. The number of hydrogen-bond donors (Lipinski definition) is 2. The van der Waals surface area contributed by atoms with Crippen LogP contribution in [0.5, 0.6) is 0 Å². The molecular weight excluding hydrogens is 144 g/mol. The minimum absolute atomic E-state index is 1.14. The molecule has 1 aromatic heterocycles. The Labute approximate surface area is 65.1 Å². The van der Waals surface area contributed by atoms with Crippen molar-refractivity contribution < 1.29 is 4.52 Å². The fourth-order valence-corrected chi connectivity index (χ4v) is 0.740. The quantitative estimate of drug-likeness (QED) is 0.517. The average molecular weight is 156 g/mol. The number of nitrogens with zero attached hydrogens (tertiary/aromatic N) is 2. The molecule has 2 heterocycles. The van der Waals surface area contributed by atoms with E-state index in [1.54, 1.807) is 0 Å². The molecule has 1 fully saturated rings. The molecule has 0 bridgehead atoms. The lowest BCUT2D eigenvalue weighted by Crippen LogP contribution is -2.39. The second kappa shape index (κ2) is 5.82. The van der Waals surface area contributed by atoms with E-state index in [9.17, 15) is 0 Å². The van der Waals surface area contributed by atoms with Crippen molar-refractivity contribution in [1.29, 1.82) is 0 Å². The Morgan fingerprint density at radius 1 is 1.09 bits per heavy atom. The van der Waals surface area contributed by atoms with Crippen LogP contribution in [0.3, 0.4) is 0 Å². The minimum Gasteiger partial charge on any atom is -0.346 e. The van der Waals surface area contributed by atoms with Gasteiger partial charge in [0.15, 0.2) is 0 Å². The zero-order valence-electron chi connectivity index (χ0n) is 6.29. The van der Waals surface area contributed by atoms with Crippen molar-refractivity contribution in [3.63, 3.8) is 0 Å². The van der Waals surface area contributed by atoms with Crippen molar-refractivity contribution in [3.05, 3.63) is 12.5 Å². The third-order valence-corrected chi connectivity index (χ3v) is 1.24. The molecule has 2 N–H and O–H groups in total. The topological polar surface area (TPSA) is 63.0 Å². The molecule has 1 aliphatic heterocycles. The Morgan fingerprint density at radius 3 is 1.91 bits per heavy atom. The highest BCUT2D eigenvalue weighted by atomic mass is 16.5. The molecule has 0 amide bonds.